The number of fused-ring (bicyclic) bond motifs is 1. The number of carbonyl (C=O) groups is 1. The molecule has 3 rings (SSSR count). The van der Waals surface area contributed by atoms with Crippen LogP contribution in [0.15, 0.2) is 64.1 Å². The van der Waals surface area contributed by atoms with Crippen molar-refractivity contribution in [3.63, 3.8) is 0 Å². The van der Waals surface area contributed by atoms with Gasteiger partial charge in [-0.25, -0.2) is 0 Å². The summed E-state index contributed by atoms with van der Waals surface area (Å²) in [6.45, 7) is 3.92. The molecule has 0 saturated carbocycles. The minimum atomic E-state index is -0.223. The van der Waals surface area contributed by atoms with Crippen molar-refractivity contribution in [1.29, 1.82) is 0 Å². The first-order valence-corrected chi connectivity index (χ1v) is 7.31. The first-order valence-electron chi connectivity index (χ1n) is 7.31. The highest BCUT2D eigenvalue weighted by atomic mass is 16.3. The van der Waals surface area contributed by atoms with Crippen molar-refractivity contribution in [1.82, 2.24) is 0 Å². The molecule has 0 heterocycles. The summed E-state index contributed by atoms with van der Waals surface area (Å²) in [4.78, 5) is 12.1. The Morgan fingerprint density at radius 3 is 2.50 bits per heavy atom. The van der Waals surface area contributed by atoms with Crippen LogP contribution in [0.3, 0.4) is 0 Å². The van der Waals surface area contributed by atoms with Crippen molar-refractivity contribution in [2.75, 3.05) is 0 Å². The van der Waals surface area contributed by atoms with Gasteiger partial charge < -0.3 is 5.11 Å². The third kappa shape index (κ3) is 2.77. The Kier molecular flexibility index (Phi) is 3.53. The Morgan fingerprint density at radius 2 is 1.73 bits per heavy atom. The molecule has 1 aliphatic carbocycles. The molecular weight excluding hydrogens is 276 g/mol. The lowest BCUT2D eigenvalue weighted by atomic mass is 9.78. The SMILES string of the molecule is CC1(C)CC(=O)C(N=Nc2cccc3ccccc23)=C(O)C1. The quantitative estimate of drug-likeness (QED) is 0.785. The van der Waals surface area contributed by atoms with E-state index in [9.17, 15) is 9.90 Å². The molecule has 2 aromatic carbocycles. The fraction of sp³-hybridized carbons (Fsp3) is 0.278. The lowest BCUT2D eigenvalue weighted by Crippen LogP contribution is -2.25. The van der Waals surface area contributed by atoms with Gasteiger partial charge in [0.05, 0.1) is 5.69 Å². The van der Waals surface area contributed by atoms with Crippen LogP contribution in [-0.2, 0) is 4.79 Å². The molecule has 0 fully saturated rings. The Balaban J connectivity index is 1.98. The summed E-state index contributed by atoms with van der Waals surface area (Å²) in [7, 11) is 0. The van der Waals surface area contributed by atoms with Crippen molar-refractivity contribution >= 4 is 22.2 Å². The number of aliphatic hydroxyl groups is 1. The van der Waals surface area contributed by atoms with E-state index in [2.05, 4.69) is 10.2 Å². The molecule has 1 aliphatic rings. The fourth-order valence-electron chi connectivity index (χ4n) is 2.79. The fourth-order valence-corrected chi connectivity index (χ4v) is 2.79. The summed E-state index contributed by atoms with van der Waals surface area (Å²) in [5.74, 6) is -0.122. The monoisotopic (exact) mass is 294 g/mol. The van der Waals surface area contributed by atoms with Crippen LogP contribution in [0.1, 0.15) is 26.7 Å². The van der Waals surface area contributed by atoms with Gasteiger partial charge in [0.15, 0.2) is 11.5 Å². The maximum atomic E-state index is 12.1. The predicted molar refractivity (Wildman–Crippen MR) is 86.1 cm³/mol. The Labute approximate surface area is 129 Å². The molecule has 0 saturated heterocycles. The number of carbonyl (C=O) groups excluding carboxylic acids is 1. The van der Waals surface area contributed by atoms with Gasteiger partial charge in [0.2, 0.25) is 0 Å². The van der Waals surface area contributed by atoms with Gasteiger partial charge in [-0.05, 0) is 16.9 Å². The first-order chi connectivity index (χ1) is 10.5. The van der Waals surface area contributed by atoms with Crippen LogP contribution in [0.5, 0.6) is 0 Å². The molecule has 0 spiro atoms. The number of ketones is 1. The molecule has 0 bridgehead atoms. The van der Waals surface area contributed by atoms with Crippen LogP contribution in [0, 0.1) is 5.41 Å². The number of Topliss-reactive ketones (excluding diaryl/α,β-unsaturated/α-hetero) is 1. The maximum absolute atomic E-state index is 12.1. The smallest absolute Gasteiger partial charge is 0.187 e. The molecule has 22 heavy (non-hydrogen) atoms. The second-order valence-electron chi connectivity index (χ2n) is 6.43. The van der Waals surface area contributed by atoms with Gasteiger partial charge >= 0.3 is 0 Å². The summed E-state index contributed by atoms with van der Waals surface area (Å²) in [6.07, 6.45) is 0.823. The van der Waals surface area contributed by atoms with E-state index in [1.54, 1.807) is 0 Å². The molecule has 112 valence electrons. The van der Waals surface area contributed by atoms with E-state index < -0.39 is 0 Å². The van der Waals surface area contributed by atoms with Gasteiger partial charge in [0.25, 0.3) is 0 Å². The van der Waals surface area contributed by atoms with Crippen molar-refractivity contribution in [3.8, 4) is 0 Å². The molecule has 4 nitrogen and oxygen atoms in total. The average molecular weight is 294 g/mol. The number of nitrogens with zero attached hydrogens (tertiary/aromatic N) is 2. The van der Waals surface area contributed by atoms with E-state index in [1.807, 2.05) is 56.3 Å². The number of hydrogen-bond acceptors (Lipinski definition) is 4. The minimum Gasteiger partial charge on any atom is -0.510 e. The average Bonchev–Trinajstić information content (AvgIpc) is 2.45. The predicted octanol–water partition coefficient (Wildman–Crippen LogP) is 5.08. The Hall–Kier alpha value is -2.49. The summed E-state index contributed by atoms with van der Waals surface area (Å²) in [5.41, 5.74) is 0.558. The van der Waals surface area contributed by atoms with Crippen molar-refractivity contribution in [2.24, 2.45) is 15.6 Å². The van der Waals surface area contributed by atoms with Crippen LogP contribution in [0.2, 0.25) is 0 Å². The molecule has 1 N–H and O–H groups in total. The molecule has 4 heteroatoms. The van der Waals surface area contributed by atoms with Crippen LogP contribution in [0.25, 0.3) is 10.8 Å². The second-order valence-corrected chi connectivity index (χ2v) is 6.43. The van der Waals surface area contributed by atoms with E-state index in [1.165, 1.54) is 0 Å². The Bertz CT molecular complexity index is 798. The number of benzene rings is 2. The molecular formula is C18H18N2O2. The highest BCUT2D eigenvalue weighted by Crippen LogP contribution is 2.36. The summed E-state index contributed by atoms with van der Waals surface area (Å²) < 4.78 is 0. The highest BCUT2D eigenvalue weighted by molar-refractivity contribution is 5.97. The first kappa shape index (κ1) is 14.4. The van der Waals surface area contributed by atoms with Crippen molar-refractivity contribution in [2.45, 2.75) is 26.7 Å². The molecule has 0 atom stereocenters. The third-order valence-electron chi connectivity index (χ3n) is 3.85. The van der Waals surface area contributed by atoms with Gasteiger partial charge in [-0.3, -0.25) is 4.79 Å². The van der Waals surface area contributed by atoms with Crippen molar-refractivity contribution in [3.05, 3.63) is 53.9 Å². The molecule has 0 amide bonds. The summed E-state index contributed by atoms with van der Waals surface area (Å²) in [5, 5.41) is 20.3. The molecule has 0 aromatic heterocycles. The van der Waals surface area contributed by atoms with Crippen molar-refractivity contribution < 1.29 is 9.90 Å². The van der Waals surface area contributed by atoms with E-state index >= 15 is 0 Å². The third-order valence-corrected chi connectivity index (χ3v) is 3.85. The number of allylic oxidation sites excluding steroid dienone is 2. The van der Waals surface area contributed by atoms with Gasteiger partial charge in [0.1, 0.15) is 5.76 Å². The van der Waals surface area contributed by atoms with Crippen LogP contribution < -0.4 is 0 Å². The van der Waals surface area contributed by atoms with Gasteiger partial charge in [0, 0.05) is 18.2 Å². The van der Waals surface area contributed by atoms with E-state index in [-0.39, 0.29) is 22.7 Å². The standard InChI is InChI=1S/C18H18N2O2/c1-18(2)10-15(21)17(16(22)11-18)20-19-14-9-5-7-12-6-3-4-8-13(12)14/h3-9,21H,10-11H2,1-2H3. The van der Waals surface area contributed by atoms with E-state index in [0.717, 1.165) is 10.8 Å². The Morgan fingerprint density at radius 1 is 1.00 bits per heavy atom. The maximum Gasteiger partial charge on any atom is 0.187 e. The molecule has 0 radical (unpaired) electrons. The van der Waals surface area contributed by atoms with Gasteiger partial charge in [-0.1, -0.05) is 50.2 Å². The van der Waals surface area contributed by atoms with Crippen LogP contribution >= 0.6 is 0 Å². The lowest BCUT2D eigenvalue weighted by molar-refractivity contribution is -0.118. The number of rotatable bonds is 2. The summed E-state index contributed by atoms with van der Waals surface area (Å²) in [6, 6.07) is 13.6. The topological polar surface area (TPSA) is 62.0 Å². The zero-order chi connectivity index (χ0) is 15.7. The zero-order valence-electron chi connectivity index (χ0n) is 12.7. The van der Waals surface area contributed by atoms with Crippen LogP contribution in [-0.4, -0.2) is 10.9 Å². The van der Waals surface area contributed by atoms with Gasteiger partial charge in [-0.15, -0.1) is 10.2 Å². The largest absolute Gasteiger partial charge is 0.510 e. The number of hydrogen-bond donors (Lipinski definition) is 1. The molecule has 0 unspecified atom stereocenters. The van der Waals surface area contributed by atoms with Gasteiger partial charge in [-0.2, -0.15) is 0 Å². The second kappa shape index (κ2) is 5.37. The molecule has 0 aliphatic heterocycles. The normalized spacial score (nSPS) is 18.4. The van der Waals surface area contributed by atoms with E-state index in [0.29, 0.717) is 18.5 Å². The highest BCUT2D eigenvalue weighted by Gasteiger charge is 2.33. The zero-order valence-corrected chi connectivity index (χ0v) is 12.7. The molecule has 2 aromatic rings. The summed E-state index contributed by atoms with van der Waals surface area (Å²) >= 11 is 0. The van der Waals surface area contributed by atoms with E-state index in [4.69, 9.17) is 0 Å². The minimum absolute atomic E-state index is 0.0326. The lowest BCUT2D eigenvalue weighted by Gasteiger charge is -2.27. The number of azo groups is 1. The number of aliphatic hydroxyl groups excluding tert-OH is 1. The van der Waals surface area contributed by atoms with Crippen LogP contribution in [0.4, 0.5) is 5.69 Å².